The van der Waals surface area contributed by atoms with Crippen LogP contribution in [0, 0.1) is 0 Å². The second kappa shape index (κ2) is 5.43. The van der Waals surface area contributed by atoms with Gasteiger partial charge in [-0.1, -0.05) is 0 Å². The van der Waals surface area contributed by atoms with Gasteiger partial charge in [-0.3, -0.25) is 9.78 Å². The molecule has 0 radical (unpaired) electrons. The van der Waals surface area contributed by atoms with Gasteiger partial charge in [0.05, 0.1) is 0 Å². The van der Waals surface area contributed by atoms with Crippen molar-refractivity contribution in [1.29, 1.82) is 0 Å². The Morgan fingerprint density at radius 3 is 2.73 bits per heavy atom. The number of nitrogens with one attached hydrogen (secondary N) is 1. The lowest BCUT2D eigenvalue weighted by atomic mass is 10.1. The summed E-state index contributed by atoms with van der Waals surface area (Å²) in [4.78, 5) is 14.4. The van der Waals surface area contributed by atoms with Gasteiger partial charge >= 0.3 is 5.97 Å². The van der Waals surface area contributed by atoms with Gasteiger partial charge in [-0.2, -0.15) is 0 Å². The molecule has 0 spiro atoms. The van der Waals surface area contributed by atoms with Crippen LogP contribution in [-0.2, 0) is 4.79 Å². The van der Waals surface area contributed by atoms with Crippen LogP contribution in [0.25, 0.3) is 0 Å². The molecule has 1 heterocycles. The van der Waals surface area contributed by atoms with E-state index in [1.165, 1.54) is 0 Å². The minimum Gasteiger partial charge on any atom is -0.480 e. The predicted octanol–water partition coefficient (Wildman–Crippen LogP) is 0.144. The highest BCUT2D eigenvalue weighted by Gasteiger charge is 2.12. The monoisotopic (exact) mass is 209 g/mol. The molecule has 0 aromatic carbocycles. The van der Waals surface area contributed by atoms with E-state index in [1.54, 1.807) is 12.4 Å². The molecule has 1 aromatic heterocycles. The number of nitrogens with zero attached hydrogens (tertiary/aromatic N) is 1. The summed E-state index contributed by atoms with van der Waals surface area (Å²) in [5.74, 6) is -0.996. The molecule has 82 valence electrons. The van der Waals surface area contributed by atoms with Gasteiger partial charge in [0, 0.05) is 25.0 Å². The number of carbonyl (C=O) groups is 1. The average molecular weight is 209 g/mol. The Hall–Kier alpha value is -1.46. The van der Waals surface area contributed by atoms with E-state index in [0.717, 1.165) is 5.56 Å². The van der Waals surface area contributed by atoms with Crippen LogP contribution in [0.4, 0.5) is 0 Å². The topological polar surface area (TPSA) is 88.2 Å². The van der Waals surface area contributed by atoms with Crippen LogP contribution in [0.3, 0.4) is 0 Å². The highest BCUT2D eigenvalue weighted by atomic mass is 16.4. The molecular formula is C10H15N3O2. The first-order valence-electron chi connectivity index (χ1n) is 4.73. The van der Waals surface area contributed by atoms with Crippen LogP contribution in [0.2, 0.25) is 0 Å². The van der Waals surface area contributed by atoms with E-state index in [-0.39, 0.29) is 12.6 Å². The zero-order valence-electron chi connectivity index (χ0n) is 8.55. The lowest BCUT2D eigenvalue weighted by Gasteiger charge is -2.15. The summed E-state index contributed by atoms with van der Waals surface area (Å²) in [5, 5.41) is 11.6. The minimum atomic E-state index is -0.996. The summed E-state index contributed by atoms with van der Waals surface area (Å²) < 4.78 is 0. The molecule has 2 atom stereocenters. The van der Waals surface area contributed by atoms with E-state index in [1.807, 2.05) is 19.1 Å². The lowest BCUT2D eigenvalue weighted by molar-refractivity contribution is -0.138. The Bertz CT molecular complexity index is 316. The molecule has 0 aliphatic rings. The second-order valence-corrected chi connectivity index (χ2v) is 3.36. The number of carboxylic acids is 1. The van der Waals surface area contributed by atoms with Crippen molar-refractivity contribution in [3.8, 4) is 0 Å². The highest BCUT2D eigenvalue weighted by Crippen LogP contribution is 2.09. The Morgan fingerprint density at radius 1 is 1.60 bits per heavy atom. The molecule has 0 bridgehead atoms. The second-order valence-electron chi connectivity index (χ2n) is 3.36. The van der Waals surface area contributed by atoms with E-state index < -0.39 is 12.0 Å². The van der Waals surface area contributed by atoms with Crippen LogP contribution in [0.15, 0.2) is 24.5 Å². The standard InChI is InChI=1S/C10H15N3O2/c1-7(8-2-4-12-5-3-8)13-6-9(11)10(14)15/h2-5,7,9,13H,6,11H2,1H3,(H,14,15). The number of carboxylic acid groups (broad SMARTS) is 1. The number of nitrogens with two attached hydrogens (primary N) is 1. The van der Waals surface area contributed by atoms with E-state index in [4.69, 9.17) is 10.8 Å². The molecule has 0 fully saturated rings. The third kappa shape index (κ3) is 3.65. The van der Waals surface area contributed by atoms with Crippen molar-refractivity contribution in [1.82, 2.24) is 10.3 Å². The van der Waals surface area contributed by atoms with Gasteiger partial charge in [-0.05, 0) is 24.6 Å². The molecule has 5 heteroatoms. The Labute approximate surface area is 88.3 Å². The van der Waals surface area contributed by atoms with E-state index in [0.29, 0.717) is 0 Å². The molecule has 5 nitrogen and oxygen atoms in total. The summed E-state index contributed by atoms with van der Waals surface area (Å²) in [5.41, 5.74) is 6.43. The fourth-order valence-electron chi connectivity index (χ4n) is 1.16. The molecule has 2 unspecified atom stereocenters. The van der Waals surface area contributed by atoms with Crippen molar-refractivity contribution in [3.63, 3.8) is 0 Å². The van der Waals surface area contributed by atoms with Crippen molar-refractivity contribution in [2.24, 2.45) is 5.73 Å². The zero-order valence-corrected chi connectivity index (χ0v) is 8.55. The van der Waals surface area contributed by atoms with Gasteiger partial charge < -0.3 is 16.2 Å². The molecule has 0 aliphatic carbocycles. The Morgan fingerprint density at radius 2 is 2.20 bits per heavy atom. The number of aliphatic carboxylic acids is 1. The Kier molecular flexibility index (Phi) is 4.20. The smallest absolute Gasteiger partial charge is 0.321 e. The van der Waals surface area contributed by atoms with Crippen molar-refractivity contribution < 1.29 is 9.90 Å². The van der Waals surface area contributed by atoms with E-state index in [2.05, 4.69) is 10.3 Å². The molecule has 0 aliphatic heterocycles. The molecule has 0 saturated carbocycles. The summed E-state index contributed by atoms with van der Waals surface area (Å²) in [6.07, 6.45) is 3.40. The molecule has 1 rings (SSSR count). The maximum Gasteiger partial charge on any atom is 0.321 e. The van der Waals surface area contributed by atoms with Crippen LogP contribution in [0.1, 0.15) is 18.5 Å². The van der Waals surface area contributed by atoms with Crippen molar-refractivity contribution >= 4 is 5.97 Å². The summed E-state index contributed by atoms with van der Waals surface area (Å²) in [6, 6.07) is 2.96. The Balaban J connectivity index is 2.43. The van der Waals surface area contributed by atoms with Gasteiger partial charge in [-0.25, -0.2) is 0 Å². The van der Waals surface area contributed by atoms with Crippen LogP contribution >= 0.6 is 0 Å². The average Bonchev–Trinajstić information content (AvgIpc) is 2.26. The fraction of sp³-hybridized carbons (Fsp3) is 0.400. The van der Waals surface area contributed by atoms with E-state index in [9.17, 15) is 4.79 Å². The minimum absolute atomic E-state index is 0.0680. The van der Waals surface area contributed by atoms with Gasteiger partial charge in [0.2, 0.25) is 0 Å². The normalized spacial score (nSPS) is 14.5. The molecule has 0 amide bonds. The quantitative estimate of drug-likeness (QED) is 0.642. The van der Waals surface area contributed by atoms with Crippen LogP contribution in [-0.4, -0.2) is 28.6 Å². The van der Waals surface area contributed by atoms with Gasteiger partial charge in [0.1, 0.15) is 6.04 Å². The van der Waals surface area contributed by atoms with Crippen LogP contribution < -0.4 is 11.1 Å². The third-order valence-corrected chi connectivity index (χ3v) is 2.17. The molecule has 15 heavy (non-hydrogen) atoms. The van der Waals surface area contributed by atoms with Gasteiger partial charge in [0.25, 0.3) is 0 Å². The first kappa shape index (κ1) is 11.6. The summed E-state index contributed by atoms with van der Waals surface area (Å²) in [7, 11) is 0. The number of hydrogen-bond donors (Lipinski definition) is 3. The molecular weight excluding hydrogens is 194 g/mol. The van der Waals surface area contributed by atoms with Gasteiger partial charge in [0.15, 0.2) is 0 Å². The van der Waals surface area contributed by atoms with Gasteiger partial charge in [-0.15, -0.1) is 0 Å². The third-order valence-electron chi connectivity index (χ3n) is 2.17. The maximum atomic E-state index is 10.5. The predicted molar refractivity (Wildman–Crippen MR) is 56.3 cm³/mol. The van der Waals surface area contributed by atoms with Crippen molar-refractivity contribution in [2.75, 3.05) is 6.54 Å². The number of aromatic nitrogens is 1. The SMILES string of the molecule is CC(NCC(N)C(=O)O)c1ccncc1. The largest absolute Gasteiger partial charge is 0.480 e. The molecule has 1 aromatic rings. The molecule has 0 saturated heterocycles. The first-order valence-corrected chi connectivity index (χ1v) is 4.73. The zero-order chi connectivity index (χ0) is 11.3. The maximum absolute atomic E-state index is 10.5. The van der Waals surface area contributed by atoms with E-state index >= 15 is 0 Å². The van der Waals surface area contributed by atoms with Crippen molar-refractivity contribution in [3.05, 3.63) is 30.1 Å². The lowest BCUT2D eigenvalue weighted by Crippen LogP contribution is -2.41. The summed E-state index contributed by atoms with van der Waals surface area (Å²) in [6.45, 7) is 2.20. The number of rotatable bonds is 5. The van der Waals surface area contributed by atoms with Crippen LogP contribution in [0.5, 0.6) is 0 Å². The summed E-state index contributed by atoms with van der Waals surface area (Å²) >= 11 is 0. The fourth-order valence-corrected chi connectivity index (χ4v) is 1.16. The number of pyridine rings is 1. The van der Waals surface area contributed by atoms with Crippen molar-refractivity contribution in [2.45, 2.75) is 19.0 Å². The first-order chi connectivity index (χ1) is 7.11. The highest BCUT2D eigenvalue weighted by molar-refractivity contribution is 5.73. The number of hydrogen-bond acceptors (Lipinski definition) is 4. The molecule has 4 N–H and O–H groups in total.